The molecule has 4 aromatic rings. The minimum atomic E-state index is -0.138. The van der Waals surface area contributed by atoms with Crippen LogP contribution in [0.25, 0.3) is 10.9 Å². The first kappa shape index (κ1) is 21.9. The van der Waals surface area contributed by atoms with Gasteiger partial charge in [-0.3, -0.25) is 19.4 Å². The first-order valence-electron chi connectivity index (χ1n) is 10.3. The van der Waals surface area contributed by atoms with Gasteiger partial charge in [0.15, 0.2) is 5.13 Å². The number of aromatic nitrogens is 3. The summed E-state index contributed by atoms with van der Waals surface area (Å²) in [6, 6.07) is 13.3. The number of benzene rings is 2. The molecular weight excluding hydrogens is 422 g/mol. The van der Waals surface area contributed by atoms with Crippen LogP contribution in [-0.4, -0.2) is 32.8 Å². The molecule has 8 heteroatoms. The van der Waals surface area contributed by atoms with Gasteiger partial charge in [0.25, 0.3) is 5.56 Å². The Morgan fingerprint density at radius 3 is 2.59 bits per heavy atom. The van der Waals surface area contributed by atoms with Gasteiger partial charge in [0.1, 0.15) is 5.82 Å². The molecule has 0 fully saturated rings. The number of nitrogens with one attached hydrogen (secondary N) is 1. The maximum Gasteiger partial charge on any atom is 0.258 e. The van der Waals surface area contributed by atoms with Gasteiger partial charge >= 0.3 is 0 Å². The summed E-state index contributed by atoms with van der Waals surface area (Å²) in [6.07, 6.45) is 0. The topological polar surface area (TPSA) is 82.2 Å². The molecule has 0 saturated carbocycles. The van der Waals surface area contributed by atoms with Gasteiger partial charge in [0.05, 0.1) is 28.8 Å². The van der Waals surface area contributed by atoms with Crippen molar-refractivity contribution in [2.75, 3.05) is 11.9 Å². The first-order chi connectivity index (χ1) is 15.3. The zero-order valence-electron chi connectivity index (χ0n) is 18.5. The van der Waals surface area contributed by atoms with E-state index in [4.69, 9.17) is 4.98 Å². The maximum atomic E-state index is 12.4. The van der Waals surface area contributed by atoms with Crippen LogP contribution in [0.2, 0.25) is 0 Å². The summed E-state index contributed by atoms with van der Waals surface area (Å²) in [4.78, 5) is 40.5. The number of carbonyl (C=O) groups excluding carboxylic acids is 1. The van der Waals surface area contributed by atoms with Gasteiger partial charge in [0.2, 0.25) is 5.91 Å². The quantitative estimate of drug-likeness (QED) is 0.476. The second-order valence-electron chi connectivity index (χ2n) is 7.95. The number of amides is 1. The molecular formula is C24H25N5O2S. The maximum absolute atomic E-state index is 12.4. The lowest BCUT2D eigenvalue weighted by atomic mass is 10.1. The lowest BCUT2D eigenvalue weighted by molar-refractivity contribution is -0.115. The molecule has 32 heavy (non-hydrogen) atoms. The van der Waals surface area contributed by atoms with Crippen molar-refractivity contribution in [1.29, 1.82) is 0 Å². The fourth-order valence-corrected chi connectivity index (χ4v) is 4.44. The Bertz CT molecular complexity index is 1340. The Balaban J connectivity index is 1.51. The van der Waals surface area contributed by atoms with Crippen LogP contribution in [0.4, 0.5) is 10.8 Å². The van der Waals surface area contributed by atoms with Gasteiger partial charge in [-0.2, -0.15) is 0 Å². The molecule has 0 unspecified atom stereocenters. The van der Waals surface area contributed by atoms with Crippen LogP contribution in [-0.2, 0) is 17.9 Å². The molecule has 0 saturated heterocycles. The predicted octanol–water partition coefficient (Wildman–Crippen LogP) is 4.31. The lowest BCUT2D eigenvalue weighted by Gasteiger charge is -2.19. The summed E-state index contributed by atoms with van der Waals surface area (Å²) in [7, 11) is 1.94. The Hall–Kier alpha value is -3.36. The largest absolute Gasteiger partial charge is 0.309 e. The Kier molecular flexibility index (Phi) is 6.16. The van der Waals surface area contributed by atoms with Crippen molar-refractivity contribution in [3.05, 3.63) is 80.8 Å². The van der Waals surface area contributed by atoms with E-state index >= 15 is 0 Å². The fraction of sp³-hybridized carbons (Fsp3) is 0.250. The molecule has 0 spiro atoms. The average molecular weight is 448 g/mol. The van der Waals surface area contributed by atoms with Crippen molar-refractivity contribution in [3.8, 4) is 0 Å². The monoisotopic (exact) mass is 447 g/mol. The van der Waals surface area contributed by atoms with E-state index in [-0.39, 0.29) is 11.5 Å². The number of carbonyl (C=O) groups is 1. The number of thiazole rings is 1. The number of para-hydroxylation sites is 1. The van der Waals surface area contributed by atoms with E-state index in [1.807, 2.05) is 67.6 Å². The Morgan fingerprint density at radius 1 is 1.06 bits per heavy atom. The summed E-state index contributed by atoms with van der Waals surface area (Å²) < 4.78 is 0. The van der Waals surface area contributed by atoms with Crippen molar-refractivity contribution in [3.63, 3.8) is 0 Å². The number of fused-ring (bicyclic) bond motifs is 1. The molecule has 2 aromatic heterocycles. The first-order valence-corrected chi connectivity index (χ1v) is 11.2. The molecule has 7 nitrogen and oxygen atoms in total. The van der Waals surface area contributed by atoms with Gasteiger partial charge in [-0.05, 0) is 56.3 Å². The van der Waals surface area contributed by atoms with E-state index < -0.39 is 0 Å². The highest BCUT2D eigenvalue weighted by atomic mass is 32.1. The van der Waals surface area contributed by atoms with Crippen LogP contribution in [0, 0.1) is 13.8 Å². The van der Waals surface area contributed by atoms with E-state index in [2.05, 4.69) is 9.97 Å². The van der Waals surface area contributed by atoms with Crippen molar-refractivity contribution in [2.45, 2.75) is 33.9 Å². The van der Waals surface area contributed by atoms with E-state index in [0.717, 1.165) is 16.9 Å². The number of aromatic amines is 1. The zero-order valence-corrected chi connectivity index (χ0v) is 19.4. The normalized spacial score (nSPS) is 11.3. The number of nitrogens with zero attached hydrogens (tertiary/aromatic N) is 4. The number of aryl methyl sites for hydroxylation is 2. The zero-order chi connectivity index (χ0) is 22.8. The summed E-state index contributed by atoms with van der Waals surface area (Å²) in [6.45, 7) is 6.66. The molecule has 0 radical (unpaired) electrons. The smallest absolute Gasteiger partial charge is 0.258 e. The lowest BCUT2D eigenvalue weighted by Crippen LogP contribution is -2.23. The molecule has 1 amide bonds. The van der Waals surface area contributed by atoms with Crippen molar-refractivity contribution in [2.24, 2.45) is 0 Å². The number of H-pyrrole nitrogens is 1. The molecule has 2 aromatic carbocycles. The molecule has 0 bridgehead atoms. The highest BCUT2D eigenvalue weighted by Gasteiger charge is 2.19. The summed E-state index contributed by atoms with van der Waals surface area (Å²) in [5, 5.41) is 3.18. The van der Waals surface area contributed by atoms with E-state index in [9.17, 15) is 9.59 Å². The number of hydrogen-bond donors (Lipinski definition) is 1. The van der Waals surface area contributed by atoms with Crippen LogP contribution in [0.3, 0.4) is 0 Å². The standard InChI is InChI=1S/C24H25N5O2S/c1-15-9-10-19(11-16(15)2)29(17(3)30)24-25-18(14-32-24)12-28(4)13-22-26-21-8-6-5-7-20(21)23(31)27-22/h5-11,14H,12-13H2,1-4H3,(H,26,27,31). The SMILES string of the molecule is CC(=O)N(c1ccc(C)c(C)c1)c1nc(CN(C)Cc2nc3ccccc3c(=O)[nH]2)cs1. The van der Waals surface area contributed by atoms with E-state index in [1.54, 1.807) is 17.9 Å². The summed E-state index contributed by atoms with van der Waals surface area (Å²) >= 11 is 1.44. The van der Waals surface area contributed by atoms with Gasteiger partial charge in [-0.1, -0.05) is 18.2 Å². The molecule has 0 atom stereocenters. The van der Waals surface area contributed by atoms with Crippen molar-refractivity contribution in [1.82, 2.24) is 19.9 Å². The number of hydrogen-bond acceptors (Lipinski definition) is 6. The van der Waals surface area contributed by atoms with Crippen LogP contribution in [0.1, 0.15) is 29.6 Å². The molecule has 164 valence electrons. The third-order valence-corrected chi connectivity index (χ3v) is 6.18. The molecule has 0 aliphatic heterocycles. The minimum absolute atomic E-state index is 0.0829. The number of rotatable bonds is 6. The number of anilines is 2. The summed E-state index contributed by atoms with van der Waals surface area (Å²) in [5.74, 6) is 0.521. The highest BCUT2D eigenvalue weighted by molar-refractivity contribution is 7.14. The minimum Gasteiger partial charge on any atom is -0.309 e. The van der Waals surface area contributed by atoms with Crippen LogP contribution >= 0.6 is 11.3 Å². The van der Waals surface area contributed by atoms with Crippen molar-refractivity contribution >= 4 is 39.0 Å². The van der Waals surface area contributed by atoms with Gasteiger partial charge in [-0.25, -0.2) is 9.97 Å². The molecule has 0 aliphatic carbocycles. The van der Waals surface area contributed by atoms with Crippen LogP contribution < -0.4 is 10.5 Å². The summed E-state index contributed by atoms with van der Waals surface area (Å²) in [5.41, 5.74) is 4.52. The second kappa shape index (κ2) is 9.02. The molecule has 0 aliphatic rings. The van der Waals surface area contributed by atoms with Crippen LogP contribution in [0.5, 0.6) is 0 Å². The molecule has 4 rings (SSSR count). The highest BCUT2D eigenvalue weighted by Crippen LogP contribution is 2.30. The Labute approximate surface area is 190 Å². The third kappa shape index (κ3) is 4.61. The van der Waals surface area contributed by atoms with Crippen molar-refractivity contribution < 1.29 is 4.79 Å². The van der Waals surface area contributed by atoms with Gasteiger partial charge < -0.3 is 4.98 Å². The van der Waals surface area contributed by atoms with E-state index in [1.165, 1.54) is 16.9 Å². The van der Waals surface area contributed by atoms with Gasteiger partial charge in [-0.15, -0.1) is 11.3 Å². The fourth-order valence-electron chi connectivity index (χ4n) is 3.56. The van der Waals surface area contributed by atoms with Crippen LogP contribution in [0.15, 0.2) is 52.6 Å². The average Bonchev–Trinajstić information content (AvgIpc) is 3.18. The molecule has 2 heterocycles. The Morgan fingerprint density at radius 2 is 1.84 bits per heavy atom. The second-order valence-corrected chi connectivity index (χ2v) is 8.78. The third-order valence-electron chi connectivity index (χ3n) is 5.31. The molecule has 1 N–H and O–H groups in total. The van der Waals surface area contributed by atoms with E-state index in [0.29, 0.717) is 34.9 Å². The predicted molar refractivity (Wildman–Crippen MR) is 128 cm³/mol. The van der Waals surface area contributed by atoms with Gasteiger partial charge in [0, 0.05) is 18.8 Å².